The molecule has 0 amide bonds. The van der Waals surface area contributed by atoms with Gasteiger partial charge < -0.3 is 0 Å². The lowest BCUT2D eigenvalue weighted by atomic mass is 9.95. The van der Waals surface area contributed by atoms with E-state index in [4.69, 9.17) is 10.2 Å². The summed E-state index contributed by atoms with van der Waals surface area (Å²) in [5, 5.41) is 13.0. The number of hydrogen-bond donors (Lipinski definition) is 1. The number of aromatic amines is 1. The van der Waals surface area contributed by atoms with Gasteiger partial charge in [-0.1, -0.05) is 33.3 Å². The van der Waals surface area contributed by atoms with Crippen molar-refractivity contribution in [3.8, 4) is 11.8 Å². The summed E-state index contributed by atoms with van der Waals surface area (Å²) in [5.41, 5.74) is 5.56. The molecular formula is C26H30N6O2. The largest absolute Gasteiger partial charge is 0.349 e. The molecule has 0 bridgehead atoms. The summed E-state index contributed by atoms with van der Waals surface area (Å²) in [6.07, 6.45) is 6.76. The van der Waals surface area contributed by atoms with Crippen molar-refractivity contribution in [3.63, 3.8) is 0 Å². The van der Waals surface area contributed by atoms with E-state index in [0.717, 1.165) is 51.3 Å². The molecule has 8 heteroatoms. The van der Waals surface area contributed by atoms with Crippen molar-refractivity contribution >= 4 is 5.57 Å². The van der Waals surface area contributed by atoms with E-state index in [1.54, 1.807) is 6.07 Å². The third-order valence-corrected chi connectivity index (χ3v) is 5.77. The lowest BCUT2D eigenvalue weighted by Gasteiger charge is -2.16. The van der Waals surface area contributed by atoms with Gasteiger partial charge in [0.15, 0.2) is 0 Å². The van der Waals surface area contributed by atoms with E-state index in [1.165, 1.54) is 5.57 Å². The van der Waals surface area contributed by atoms with Crippen LogP contribution < -0.4 is 11.2 Å². The van der Waals surface area contributed by atoms with Crippen LogP contribution in [0, 0.1) is 38.0 Å². The first-order valence-electron chi connectivity index (χ1n) is 11.4. The summed E-state index contributed by atoms with van der Waals surface area (Å²) in [6, 6.07) is 5.35. The number of unbranched alkanes of at least 4 members (excludes halogenated alkanes) is 1. The Hall–Kier alpha value is -3.86. The topological polar surface area (TPSA) is 117 Å². The van der Waals surface area contributed by atoms with Gasteiger partial charge in [-0.05, 0) is 67.5 Å². The van der Waals surface area contributed by atoms with Crippen molar-refractivity contribution in [2.75, 3.05) is 0 Å². The lowest BCUT2D eigenvalue weighted by Crippen LogP contribution is -2.33. The Kier molecular flexibility index (Phi) is 7.57. The van der Waals surface area contributed by atoms with E-state index >= 15 is 0 Å². The molecule has 2 heterocycles. The van der Waals surface area contributed by atoms with Crippen molar-refractivity contribution in [2.24, 2.45) is 5.92 Å². The zero-order valence-corrected chi connectivity index (χ0v) is 20.6. The Balaban J connectivity index is 2.02. The van der Waals surface area contributed by atoms with E-state index < -0.39 is 11.2 Å². The minimum Gasteiger partial charge on any atom is -0.270 e. The number of benzene rings is 1. The molecule has 2 aromatic heterocycles. The third kappa shape index (κ3) is 5.20. The van der Waals surface area contributed by atoms with E-state index in [1.807, 2.05) is 39.1 Å². The number of allylic oxidation sites excluding steroid dienone is 2. The molecule has 1 N–H and O–H groups in total. The summed E-state index contributed by atoms with van der Waals surface area (Å²) in [5.74, 6) is 0.346. The Morgan fingerprint density at radius 2 is 1.88 bits per heavy atom. The lowest BCUT2D eigenvalue weighted by molar-refractivity contribution is 0.738. The second-order valence-electron chi connectivity index (χ2n) is 8.76. The van der Waals surface area contributed by atoms with Crippen molar-refractivity contribution < 1.29 is 0 Å². The highest BCUT2D eigenvalue weighted by Gasteiger charge is 2.16. The van der Waals surface area contributed by atoms with Crippen LogP contribution in [0.15, 0.2) is 34.0 Å². The molecule has 0 aliphatic rings. The second-order valence-corrected chi connectivity index (χ2v) is 8.76. The summed E-state index contributed by atoms with van der Waals surface area (Å²) in [6.45, 7) is 12.4. The van der Waals surface area contributed by atoms with Gasteiger partial charge in [-0.15, -0.1) is 5.10 Å². The van der Waals surface area contributed by atoms with Crippen molar-refractivity contribution in [3.05, 3.63) is 84.7 Å². The molecule has 3 aromatic rings. The van der Waals surface area contributed by atoms with E-state index in [2.05, 4.69) is 41.9 Å². The molecule has 0 radical (unpaired) electrons. The van der Waals surface area contributed by atoms with E-state index in [-0.39, 0.29) is 5.69 Å². The zero-order chi connectivity index (χ0) is 25.0. The average Bonchev–Trinajstić information content (AvgIpc) is 2.78. The van der Waals surface area contributed by atoms with Crippen LogP contribution in [0.3, 0.4) is 0 Å². The molecule has 3 rings (SSSR count). The Morgan fingerprint density at radius 1 is 1.21 bits per heavy atom. The van der Waals surface area contributed by atoms with Crippen molar-refractivity contribution in [2.45, 2.75) is 60.8 Å². The molecule has 0 aliphatic carbocycles. The SMILES string of the molecule is CCC/C=C(\c1nc(Cc2c(C)cc(-n3nc(C#N)c(=O)[nH]c3=O)cc2C)cnc1C)C(C)C. The van der Waals surface area contributed by atoms with Crippen LogP contribution >= 0.6 is 0 Å². The molecular weight excluding hydrogens is 428 g/mol. The molecule has 34 heavy (non-hydrogen) atoms. The highest BCUT2D eigenvalue weighted by molar-refractivity contribution is 5.65. The van der Waals surface area contributed by atoms with Crippen LogP contribution in [0.2, 0.25) is 0 Å². The highest BCUT2D eigenvalue weighted by atomic mass is 16.2. The Bertz CT molecular complexity index is 1380. The van der Waals surface area contributed by atoms with Gasteiger partial charge >= 0.3 is 5.69 Å². The summed E-state index contributed by atoms with van der Waals surface area (Å²) in [7, 11) is 0. The monoisotopic (exact) mass is 458 g/mol. The number of hydrogen-bond acceptors (Lipinski definition) is 6. The number of aryl methyl sites for hydroxylation is 3. The average molecular weight is 459 g/mol. The molecule has 0 saturated heterocycles. The molecule has 8 nitrogen and oxygen atoms in total. The number of H-pyrrole nitrogens is 1. The zero-order valence-electron chi connectivity index (χ0n) is 20.6. The van der Waals surface area contributed by atoms with Crippen LogP contribution in [-0.2, 0) is 6.42 Å². The maximum atomic E-state index is 12.3. The molecule has 0 unspecified atom stereocenters. The number of aromatic nitrogens is 5. The van der Waals surface area contributed by atoms with Crippen LogP contribution in [0.5, 0.6) is 0 Å². The Labute approximate surface area is 199 Å². The standard InChI is InChI=1S/C26H30N6O2/c1-7-8-9-21(15(2)3)24-18(6)28-14-19(29-24)12-22-16(4)10-20(11-17(22)5)32-26(34)30-25(33)23(13-27)31-32/h9-11,14-15H,7-8,12H2,1-6H3,(H,30,33,34)/b21-9-. The van der Waals surface area contributed by atoms with Crippen LogP contribution in [0.4, 0.5) is 0 Å². The number of rotatable bonds is 7. The van der Waals surface area contributed by atoms with Crippen LogP contribution in [0.25, 0.3) is 11.3 Å². The predicted molar refractivity (Wildman–Crippen MR) is 132 cm³/mol. The fourth-order valence-electron chi connectivity index (χ4n) is 3.95. The van der Waals surface area contributed by atoms with E-state index in [0.29, 0.717) is 18.0 Å². The molecule has 0 spiro atoms. The van der Waals surface area contributed by atoms with Gasteiger partial charge in [0.05, 0.1) is 22.8 Å². The van der Waals surface area contributed by atoms with Crippen LogP contribution in [-0.4, -0.2) is 24.7 Å². The fraction of sp³-hybridized carbons (Fsp3) is 0.385. The van der Waals surface area contributed by atoms with Gasteiger partial charge in [-0.25, -0.2) is 9.78 Å². The van der Waals surface area contributed by atoms with Gasteiger partial charge in [0.2, 0.25) is 5.69 Å². The normalized spacial score (nSPS) is 11.6. The molecule has 0 saturated carbocycles. The first-order chi connectivity index (χ1) is 16.2. The van der Waals surface area contributed by atoms with E-state index in [9.17, 15) is 9.59 Å². The fourth-order valence-corrected chi connectivity index (χ4v) is 3.95. The quantitative estimate of drug-likeness (QED) is 0.573. The molecule has 176 valence electrons. The number of nitriles is 1. The number of nitrogens with one attached hydrogen (secondary N) is 1. The van der Waals surface area contributed by atoms with Gasteiger partial charge in [0.1, 0.15) is 6.07 Å². The summed E-state index contributed by atoms with van der Waals surface area (Å²) in [4.78, 5) is 35.7. The highest BCUT2D eigenvalue weighted by Crippen LogP contribution is 2.26. The summed E-state index contributed by atoms with van der Waals surface area (Å²) < 4.78 is 1.04. The molecule has 0 aliphatic heterocycles. The van der Waals surface area contributed by atoms with Crippen molar-refractivity contribution in [1.82, 2.24) is 24.7 Å². The Morgan fingerprint density at radius 3 is 2.47 bits per heavy atom. The van der Waals surface area contributed by atoms with Crippen LogP contribution in [0.1, 0.15) is 73.1 Å². The van der Waals surface area contributed by atoms with Gasteiger partial charge in [-0.2, -0.15) is 9.94 Å². The predicted octanol–water partition coefficient (Wildman–Crippen LogP) is 3.94. The minimum absolute atomic E-state index is 0.346. The number of nitrogens with zero attached hydrogens (tertiary/aromatic N) is 5. The first kappa shape index (κ1) is 24.8. The maximum Gasteiger partial charge on any atom is 0.349 e. The summed E-state index contributed by atoms with van der Waals surface area (Å²) >= 11 is 0. The first-order valence-corrected chi connectivity index (χ1v) is 11.4. The van der Waals surface area contributed by atoms with Crippen molar-refractivity contribution in [1.29, 1.82) is 5.26 Å². The smallest absolute Gasteiger partial charge is 0.270 e. The van der Waals surface area contributed by atoms with Gasteiger partial charge in [-0.3, -0.25) is 14.8 Å². The molecule has 1 aromatic carbocycles. The van der Waals surface area contributed by atoms with Gasteiger partial charge in [0, 0.05) is 12.6 Å². The maximum absolute atomic E-state index is 12.3. The second kappa shape index (κ2) is 10.4. The molecule has 0 fully saturated rings. The third-order valence-electron chi connectivity index (χ3n) is 5.77. The van der Waals surface area contributed by atoms with Gasteiger partial charge in [0.25, 0.3) is 5.56 Å². The minimum atomic E-state index is -0.795. The molecule has 0 atom stereocenters.